The molecule has 1 rings (SSSR count). The van der Waals surface area contributed by atoms with Gasteiger partial charge in [-0.15, -0.1) is 0 Å². The molecule has 0 radical (unpaired) electrons. The molecule has 0 aliphatic carbocycles. The summed E-state index contributed by atoms with van der Waals surface area (Å²) in [6.45, 7) is 8.36. The Morgan fingerprint density at radius 1 is 1.33 bits per heavy atom. The molecule has 0 bridgehead atoms. The Balaban J connectivity index is 2.99. The van der Waals surface area contributed by atoms with Crippen LogP contribution in [0.25, 0.3) is 0 Å². The molecule has 0 saturated carbocycles. The minimum atomic E-state index is 0.108. The van der Waals surface area contributed by atoms with Gasteiger partial charge in [0.15, 0.2) is 5.78 Å². The number of carbonyl (C=O) groups excluding carboxylic acids is 1. The molecule has 3 heteroatoms. The van der Waals surface area contributed by atoms with Gasteiger partial charge in [-0.25, -0.2) is 0 Å². The van der Waals surface area contributed by atoms with E-state index in [1.807, 2.05) is 24.3 Å². The van der Waals surface area contributed by atoms with Crippen molar-refractivity contribution >= 4 is 11.5 Å². The number of nitrogens with zero attached hydrogens (tertiary/aromatic N) is 1. The molecular weight excluding hydrogens is 226 g/mol. The summed E-state index contributed by atoms with van der Waals surface area (Å²) in [6.07, 6.45) is 0. The number of ether oxygens (including phenoxy) is 1. The number of Topliss-reactive ketones (excluding diaryl/α,β-unsaturated/α-hetero) is 1. The Hall–Kier alpha value is -1.35. The van der Waals surface area contributed by atoms with Gasteiger partial charge in [0.1, 0.15) is 0 Å². The minimum absolute atomic E-state index is 0.108. The molecule has 0 atom stereocenters. The number of rotatable bonds is 7. The highest BCUT2D eigenvalue weighted by Crippen LogP contribution is 2.21. The number of hydrogen-bond acceptors (Lipinski definition) is 3. The van der Waals surface area contributed by atoms with E-state index in [2.05, 4.69) is 18.7 Å². The maximum atomic E-state index is 11.7. The van der Waals surface area contributed by atoms with E-state index in [9.17, 15) is 4.79 Å². The van der Waals surface area contributed by atoms with E-state index < -0.39 is 0 Å². The standard InChI is InChI=1S/C15H23NO2/c1-12(2)11-16(9-10-18-4)15-8-6-5-7-14(15)13(3)17/h5-8,12H,9-11H2,1-4H3. The summed E-state index contributed by atoms with van der Waals surface area (Å²) in [7, 11) is 1.70. The summed E-state index contributed by atoms with van der Waals surface area (Å²) in [6, 6.07) is 7.78. The summed E-state index contributed by atoms with van der Waals surface area (Å²) in [5, 5.41) is 0. The predicted molar refractivity (Wildman–Crippen MR) is 75.4 cm³/mol. The predicted octanol–water partition coefficient (Wildman–Crippen LogP) is 3.00. The lowest BCUT2D eigenvalue weighted by Crippen LogP contribution is -2.32. The molecule has 1 aromatic carbocycles. The highest BCUT2D eigenvalue weighted by Gasteiger charge is 2.14. The molecule has 0 aromatic heterocycles. The van der Waals surface area contributed by atoms with Gasteiger partial charge in [0, 0.05) is 31.5 Å². The molecule has 0 heterocycles. The monoisotopic (exact) mass is 249 g/mol. The molecule has 0 fully saturated rings. The summed E-state index contributed by atoms with van der Waals surface area (Å²) < 4.78 is 5.15. The van der Waals surface area contributed by atoms with Gasteiger partial charge in [-0.05, 0) is 25.0 Å². The first-order valence-electron chi connectivity index (χ1n) is 6.40. The number of anilines is 1. The zero-order valence-electron chi connectivity index (χ0n) is 11.8. The van der Waals surface area contributed by atoms with Crippen molar-refractivity contribution in [2.45, 2.75) is 20.8 Å². The van der Waals surface area contributed by atoms with Crippen molar-refractivity contribution in [2.24, 2.45) is 5.92 Å². The molecule has 18 heavy (non-hydrogen) atoms. The average Bonchev–Trinajstić information content (AvgIpc) is 2.34. The Morgan fingerprint density at radius 3 is 2.56 bits per heavy atom. The Kier molecular flexibility index (Phi) is 5.86. The zero-order chi connectivity index (χ0) is 13.5. The largest absolute Gasteiger partial charge is 0.383 e. The third-order valence-electron chi connectivity index (χ3n) is 2.77. The summed E-state index contributed by atoms with van der Waals surface area (Å²) in [5.74, 6) is 0.652. The molecule has 0 N–H and O–H groups in total. The first-order valence-corrected chi connectivity index (χ1v) is 6.40. The lowest BCUT2D eigenvalue weighted by Gasteiger charge is -2.28. The third-order valence-corrected chi connectivity index (χ3v) is 2.77. The lowest BCUT2D eigenvalue weighted by molar-refractivity contribution is 0.101. The van der Waals surface area contributed by atoms with Gasteiger partial charge in [-0.1, -0.05) is 26.0 Å². The SMILES string of the molecule is COCCN(CC(C)C)c1ccccc1C(C)=O. The van der Waals surface area contributed by atoms with Crippen molar-refractivity contribution in [1.82, 2.24) is 0 Å². The van der Waals surface area contributed by atoms with Gasteiger partial charge in [0.2, 0.25) is 0 Å². The maximum Gasteiger partial charge on any atom is 0.161 e. The summed E-state index contributed by atoms with van der Waals surface area (Å²) >= 11 is 0. The lowest BCUT2D eigenvalue weighted by atomic mass is 10.1. The van der Waals surface area contributed by atoms with Crippen LogP contribution in [0.3, 0.4) is 0 Å². The van der Waals surface area contributed by atoms with Crippen LogP contribution in [0.1, 0.15) is 31.1 Å². The van der Waals surface area contributed by atoms with Crippen molar-refractivity contribution in [2.75, 3.05) is 31.7 Å². The van der Waals surface area contributed by atoms with Gasteiger partial charge in [0.25, 0.3) is 0 Å². The molecule has 1 aromatic rings. The van der Waals surface area contributed by atoms with Crippen LogP contribution in [0, 0.1) is 5.92 Å². The fourth-order valence-electron chi connectivity index (χ4n) is 2.00. The summed E-state index contributed by atoms with van der Waals surface area (Å²) in [4.78, 5) is 13.9. The van der Waals surface area contributed by atoms with Crippen LogP contribution in [0.15, 0.2) is 24.3 Å². The van der Waals surface area contributed by atoms with E-state index in [1.165, 1.54) is 0 Å². The Morgan fingerprint density at radius 2 is 2.00 bits per heavy atom. The number of hydrogen-bond donors (Lipinski definition) is 0. The Bertz CT molecular complexity index is 388. The van der Waals surface area contributed by atoms with Gasteiger partial charge >= 0.3 is 0 Å². The zero-order valence-corrected chi connectivity index (χ0v) is 11.8. The fourth-order valence-corrected chi connectivity index (χ4v) is 2.00. The van der Waals surface area contributed by atoms with E-state index in [0.717, 1.165) is 24.3 Å². The van der Waals surface area contributed by atoms with Crippen LogP contribution in [-0.2, 0) is 4.74 Å². The first kappa shape index (κ1) is 14.7. The van der Waals surface area contributed by atoms with Crippen LogP contribution in [0.2, 0.25) is 0 Å². The van der Waals surface area contributed by atoms with Crippen LogP contribution in [0.4, 0.5) is 5.69 Å². The highest BCUT2D eigenvalue weighted by molar-refractivity contribution is 5.99. The number of methoxy groups -OCH3 is 1. The fraction of sp³-hybridized carbons (Fsp3) is 0.533. The van der Waals surface area contributed by atoms with Crippen molar-refractivity contribution < 1.29 is 9.53 Å². The van der Waals surface area contributed by atoms with Crippen LogP contribution < -0.4 is 4.90 Å². The van der Waals surface area contributed by atoms with Crippen molar-refractivity contribution in [3.63, 3.8) is 0 Å². The Labute approximate surface area is 110 Å². The molecule has 0 unspecified atom stereocenters. The van der Waals surface area contributed by atoms with Crippen LogP contribution in [0.5, 0.6) is 0 Å². The smallest absolute Gasteiger partial charge is 0.161 e. The van der Waals surface area contributed by atoms with Crippen LogP contribution >= 0.6 is 0 Å². The molecule has 0 saturated heterocycles. The second kappa shape index (κ2) is 7.17. The number of ketones is 1. The van der Waals surface area contributed by atoms with Crippen molar-refractivity contribution in [3.8, 4) is 0 Å². The topological polar surface area (TPSA) is 29.5 Å². The minimum Gasteiger partial charge on any atom is -0.383 e. The van der Waals surface area contributed by atoms with Gasteiger partial charge in [-0.2, -0.15) is 0 Å². The second-order valence-electron chi connectivity index (χ2n) is 4.91. The number of benzene rings is 1. The van der Waals surface area contributed by atoms with E-state index in [4.69, 9.17) is 4.74 Å². The van der Waals surface area contributed by atoms with Gasteiger partial charge in [0.05, 0.1) is 6.61 Å². The molecule has 0 aliphatic heterocycles. The third kappa shape index (κ3) is 4.15. The van der Waals surface area contributed by atoms with Crippen molar-refractivity contribution in [3.05, 3.63) is 29.8 Å². The molecule has 0 amide bonds. The normalized spacial score (nSPS) is 10.7. The van der Waals surface area contributed by atoms with Gasteiger partial charge in [-0.3, -0.25) is 4.79 Å². The van der Waals surface area contributed by atoms with E-state index in [-0.39, 0.29) is 5.78 Å². The highest BCUT2D eigenvalue weighted by atomic mass is 16.5. The molecule has 0 spiro atoms. The maximum absolute atomic E-state index is 11.7. The van der Waals surface area contributed by atoms with Crippen molar-refractivity contribution in [1.29, 1.82) is 0 Å². The molecule has 100 valence electrons. The molecule has 3 nitrogen and oxygen atoms in total. The average molecular weight is 249 g/mol. The molecule has 0 aliphatic rings. The second-order valence-corrected chi connectivity index (χ2v) is 4.91. The first-order chi connectivity index (χ1) is 8.56. The molecular formula is C15H23NO2. The number of para-hydroxylation sites is 1. The number of carbonyl (C=O) groups is 1. The van der Waals surface area contributed by atoms with Gasteiger partial charge < -0.3 is 9.64 Å². The summed E-state index contributed by atoms with van der Waals surface area (Å²) in [5.41, 5.74) is 1.80. The van der Waals surface area contributed by atoms with E-state index in [0.29, 0.717) is 12.5 Å². The van der Waals surface area contributed by atoms with E-state index in [1.54, 1.807) is 14.0 Å². The quantitative estimate of drug-likeness (QED) is 0.696. The van der Waals surface area contributed by atoms with Crippen LogP contribution in [-0.4, -0.2) is 32.6 Å². The van der Waals surface area contributed by atoms with E-state index >= 15 is 0 Å².